The van der Waals surface area contributed by atoms with Crippen molar-refractivity contribution < 1.29 is 18.7 Å². The number of carbonyl (C=O) groups excluding carboxylic acids is 1. The number of nitrogens with zero attached hydrogens (tertiary/aromatic N) is 1. The van der Waals surface area contributed by atoms with Gasteiger partial charge in [0.05, 0.1) is 18.6 Å². The Morgan fingerprint density at radius 3 is 2.84 bits per heavy atom. The Morgan fingerprint density at radius 1 is 1.21 bits per heavy atom. The van der Waals surface area contributed by atoms with E-state index in [4.69, 9.17) is 13.9 Å². The van der Waals surface area contributed by atoms with Gasteiger partial charge in [0.1, 0.15) is 0 Å². The van der Waals surface area contributed by atoms with Crippen molar-refractivity contribution >= 4 is 17.1 Å². The molecule has 0 N–H and O–H groups in total. The highest BCUT2D eigenvalue weighted by atomic mass is 16.6. The van der Waals surface area contributed by atoms with Crippen LogP contribution in [0.1, 0.15) is 0 Å². The van der Waals surface area contributed by atoms with E-state index in [2.05, 4.69) is 0 Å². The van der Waals surface area contributed by atoms with Crippen LogP contribution in [0.2, 0.25) is 0 Å². The summed E-state index contributed by atoms with van der Waals surface area (Å²) < 4.78 is 16.0. The Morgan fingerprint density at radius 2 is 2.00 bits per heavy atom. The van der Waals surface area contributed by atoms with Gasteiger partial charge in [0, 0.05) is 19.2 Å². The molecule has 1 aliphatic heterocycles. The zero-order chi connectivity index (χ0) is 13.1. The van der Waals surface area contributed by atoms with Crippen LogP contribution in [0, 0.1) is 0 Å². The maximum absolute atomic E-state index is 12.0. The molecular weight excluding hydrogens is 246 g/mol. The van der Waals surface area contributed by atoms with Crippen molar-refractivity contribution in [3.05, 3.63) is 36.6 Å². The molecule has 1 amide bonds. The van der Waals surface area contributed by atoms with Crippen LogP contribution in [0.15, 0.2) is 41.0 Å². The van der Waals surface area contributed by atoms with E-state index >= 15 is 0 Å². The highest BCUT2D eigenvalue weighted by molar-refractivity contribution is 5.85. The van der Waals surface area contributed by atoms with Gasteiger partial charge in [0.15, 0.2) is 0 Å². The summed E-state index contributed by atoms with van der Waals surface area (Å²) in [5, 5.41) is 0.898. The number of hydrogen-bond acceptors (Lipinski definition) is 3. The minimum Gasteiger partial charge on any atom is -0.400 e. The summed E-state index contributed by atoms with van der Waals surface area (Å²) in [4.78, 5) is 13.6. The summed E-state index contributed by atoms with van der Waals surface area (Å²) in [7, 11) is 0. The first-order chi connectivity index (χ1) is 9.34. The van der Waals surface area contributed by atoms with Crippen molar-refractivity contribution in [2.75, 3.05) is 26.3 Å². The molecule has 0 aliphatic carbocycles. The maximum Gasteiger partial charge on any atom is 0.415 e. The SMILES string of the molecule is O=C(Oc1cccc2ccc[o+]c12)N1CCOCC1. The van der Waals surface area contributed by atoms with Crippen molar-refractivity contribution in [2.24, 2.45) is 0 Å². The lowest BCUT2D eigenvalue weighted by Crippen LogP contribution is -2.42. The Bertz CT molecular complexity index is 588. The highest BCUT2D eigenvalue weighted by Crippen LogP contribution is 2.25. The largest absolute Gasteiger partial charge is 0.415 e. The molecule has 0 unspecified atom stereocenters. The van der Waals surface area contributed by atoms with Gasteiger partial charge in [0.2, 0.25) is 5.75 Å². The molecule has 2 aromatic rings. The molecule has 1 saturated heterocycles. The molecule has 5 heteroatoms. The van der Waals surface area contributed by atoms with E-state index in [1.165, 1.54) is 0 Å². The van der Waals surface area contributed by atoms with Crippen molar-refractivity contribution in [3.63, 3.8) is 0 Å². The number of amides is 1. The van der Waals surface area contributed by atoms with E-state index in [0.29, 0.717) is 37.6 Å². The van der Waals surface area contributed by atoms with Gasteiger partial charge in [-0.05, 0) is 18.2 Å². The van der Waals surface area contributed by atoms with Crippen LogP contribution in [0.3, 0.4) is 0 Å². The number of morpholine rings is 1. The minimum atomic E-state index is -0.366. The van der Waals surface area contributed by atoms with Crippen molar-refractivity contribution in [1.82, 2.24) is 4.90 Å². The van der Waals surface area contributed by atoms with Gasteiger partial charge >= 0.3 is 17.9 Å². The molecule has 5 nitrogen and oxygen atoms in total. The molecule has 0 spiro atoms. The van der Waals surface area contributed by atoms with Gasteiger partial charge in [-0.15, -0.1) is 0 Å². The van der Waals surface area contributed by atoms with E-state index < -0.39 is 0 Å². The summed E-state index contributed by atoms with van der Waals surface area (Å²) in [5.74, 6) is 0.439. The third-order valence-corrected chi connectivity index (χ3v) is 3.02. The van der Waals surface area contributed by atoms with E-state index in [9.17, 15) is 4.79 Å². The number of para-hydroxylation sites is 1. The monoisotopic (exact) mass is 260 g/mol. The van der Waals surface area contributed by atoms with Crippen LogP contribution in [0.5, 0.6) is 5.75 Å². The van der Waals surface area contributed by atoms with E-state index in [0.717, 1.165) is 5.39 Å². The molecule has 1 fully saturated rings. The lowest BCUT2D eigenvalue weighted by atomic mass is 10.2. The van der Waals surface area contributed by atoms with Crippen LogP contribution in [-0.2, 0) is 4.74 Å². The van der Waals surface area contributed by atoms with Crippen molar-refractivity contribution in [2.45, 2.75) is 0 Å². The molecule has 2 heterocycles. The summed E-state index contributed by atoms with van der Waals surface area (Å²) >= 11 is 0. The van der Waals surface area contributed by atoms with Crippen molar-refractivity contribution in [1.29, 1.82) is 0 Å². The predicted octanol–water partition coefficient (Wildman–Crippen LogP) is 2.54. The van der Waals surface area contributed by atoms with Gasteiger partial charge in [-0.25, -0.2) is 9.21 Å². The third kappa shape index (κ3) is 2.51. The van der Waals surface area contributed by atoms with Gasteiger partial charge in [-0.3, -0.25) is 0 Å². The molecule has 0 saturated carbocycles. The average molecular weight is 260 g/mol. The Labute approximate surface area is 110 Å². The normalized spacial score (nSPS) is 15.5. The molecule has 0 bridgehead atoms. The maximum atomic E-state index is 12.0. The fourth-order valence-electron chi connectivity index (χ4n) is 2.03. The lowest BCUT2D eigenvalue weighted by Gasteiger charge is -2.25. The van der Waals surface area contributed by atoms with Crippen LogP contribution < -0.4 is 4.74 Å². The fourth-order valence-corrected chi connectivity index (χ4v) is 2.03. The second kappa shape index (κ2) is 5.24. The molecule has 0 atom stereocenters. The smallest absolute Gasteiger partial charge is 0.400 e. The summed E-state index contributed by atoms with van der Waals surface area (Å²) in [6, 6.07) is 9.18. The van der Waals surface area contributed by atoms with E-state index in [1.54, 1.807) is 23.3 Å². The fraction of sp³-hybridized carbons (Fsp3) is 0.286. The van der Waals surface area contributed by atoms with E-state index in [1.807, 2.05) is 18.2 Å². The second-order valence-corrected chi connectivity index (χ2v) is 4.25. The van der Waals surface area contributed by atoms with Crippen LogP contribution >= 0.6 is 0 Å². The standard InChI is InChI=1S/C14H14NO4/c16-14(15-6-9-17-10-7-15)19-12-5-1-3-11-4-2-8-18-13(11)12/h1-5,8H,6-7,9-10H2/q+1. The predicted molar refractivity (Wildman–Crippen MR) is 69.0 cm³/mol. The molecule has 0 radical (unpaired) electrons. The zero-order valence-electron chi connectivity index (χ0n) is 10.4. The quantitative estimate of drug-likeness (QED) is 0.739. The first-order valence-corrected chi connectivity index (χ1v) is 6.18. The third-order valence-electron chi connectivity index (χ3n) is 3.02. The number of ether oxygens (including phenoxy) is 2. The molecular formula is C14H14NO4+. The van der Waals surface area contributed by atoms with Crippen LogP contribution in [0.4, 0.5) is 4.79 Å². The molecule has 98 valence electrons. The number of benzene rings is 1. The summed E-state index contributed by atoms with van der Waals surface area (Å²) in [5.41, 5.74) is 0.576. The highest BCUT2D eigenvalue weighted by Gasteiger charge is 2.22. The Balaban J connectivity index is 1.82. The summed E-state index contributed by atoms with van der Waals surface area (Å²) in [6.45, 7) is 2.21. The number of rotatable bonds is 1. The van der Waals surface area contributed by atoms with Crippen molar-refractivity contribution in [3.8, 4) is 5.75 Å². The van der Waals surface area contributed by atoms with Gasteiger partial charge in [-0.1, -0.05) is 6.07 Å². The molecule has 19 heavy (non-hydrogen) atoms. The minimum absolute atomic E-state index is 0.366. The van der Waals surface area contributed by atoms with Gasteiger partial charge in [-0.2, -0.15) is 0 Å². The molecule has 3 rings (SSSR count). The number of carbonyl (C=O) groups is 1. The van der Waals surface area contributed by atoms with Crippen LogP contribution in [0.25, 0.3) is 11.0 Å². The zero-order valence-corrected chi connectivity index (χ0v) is 10.4. The Kier molecular flexibility index (Phi) is 3.29. The topological polar surface area (TPSA) is 50.1 Å². The van der Waals surface area contributed by atoms with E-state index in [-0.39, 0.29) is 6.09 Å². The molecule has 1 aliphatic rings. The first kappa shape index (κ1) is 11.9. The number of hydrogen-bond donors (Lipinski definition) is 0. The lowest BCUT2D eigenvalue weighted by molar-refractivity contribution is 0.0416. The first-order valence-electron chi connectivity index (χ1n) is 6.18. The summed E-state index contributed by atoms with van der Waals surface area (Å²) in [6.07, 6.45) is 1.20. The van der Waals surface area contributed by atoms with Gasteiger partial charge < -0.3 is 14.4 Å². The van der Waals surface area contributed by atoms with Crippen LogP contribution in [-0.4, -0.2) is 37.3 Å². The van der Waals surface area contributed by atoms with Gasteiger partial charge in [0.25, 0.3) is 0 Å². The molecule has 1 aromatic carbocycles. The number of fused-ring (bicyclic) bond motifs is 1. The molecule has 1 aromatic heterocycles. The second-order valence-electron chi connectivity index (χ2n) is 4.25. The average Bonchev–Trinajstić information content (AvgIpc) is 2.48. The Hall–Kier alpha value is -2.14.